The molecule has 0 saturated carbocycles. The topological polar surface area (TPSA) is 55.0 Å². The summed E-state index contributed by atoms with van der Waals surface area (Å²) >= 11 is 8.14. The van der Waals surface area contributed by atoms with Crippen LogP contribution in [0.4, 0.5) is 0 Å². The van der Waals surface area contributed by atoms with Gasteiger partial charge in [0.25, 0.3) is 0 Å². The summed E-state index contributed by atoms with van der Waals surface area (Å²) in [6.45, 7) is 1.79. The van der Waals surface area contributed by atoms with Crippen LogP contribution in [0.2, 0.25) is 0 Å². The third kappa shape index (κ3) is 2.13. The van der Waals surface area contributed by atoms with Crippen LogP contribution in [-0.4, -0.2) is 23.0 Å². The van der Waals surface area contributed by atoms with Crippen molar-refractivity contribution in [3.05, 3.63) is 20.6 Å². The number of aromatic nitrogens is 2. The standard InChI is InChI=1S/C7H7BrN2O2S/c1-3-4(8)6(13)10-5(9-3)7(11)12-2/h1-2H3,(H,9,10,13). The molecule has 0 radical (unpaired) electrons. The Balaban J connectivity index is 3.29. The zero-order valence-electron chi connectivity index (χ0n) is 7.05. The third-order valence-electron chi connectivity index (χ3n) is 1.41. The number of ether oxygens (including phenoxy) is 1. The van der Waals surface area contributed by atoms with Crippen molar-refractivity contribution in [3.63, 3.8) is 0 Å². The van der Waals surface area contributed by atoms with Crippen molar-refractivity contribution in [1.82, 2.24) is 9.97 Å². The fraction of sp³-hybridized carbons (Fsp3) is 0.286. The van der Waals surface area contributed by atoms with Gasteiger partial charge in [0.15, 0.2) is 0 Å². The number of hydrogen-bond donors (Lipinski definition) is 1. The molecule has 0 saturated heterocycles. The molecule has 0 atom stereocenters. The van der Waals surface area contributed by atoms with E-state index in [0.29, 0.717) is 9.11 Å². The van der Waals surface area contributed by atoms with Crippen LogP contribution in [0.15, 0.2) is 4.47 Å². The number of nitrogens with one attached hydrogen (secondary N) is 1. The molecule has 1 N–H and O–H groups in total. The highest BCUT2D eigenvalue weighted by atomic mass is 79.9. The van der Waals surface area contributed by atoms with Gasteiger partial charge in [0.1, 0.15) is 4.64 Å². The molecule has 13 heavy (non-hydrogen) atoms. The fourth-order valence-electron chi connectivity index (χ4n) is 0.765. The van der Waals surface area contributed by atoms with Gasteiger partial charge in [0.05, 0.1) is 11.6 Å². The Morgan fingerprint density at radius 1 is 1.69 bits per heavy atom. The van der Waals surface area contributed by atoms with Crippen LogP contribution in [0.25, 0.3) is 0 Å². The van der Waals surface area contributed by atoms with Gasteiger partial charge in [0, 0.05) is 5.69 Å². The van der Waals surface area contributed by atoms with Gasteiger partial charge in [-0.05, 0) is 22.9 Å². The third-order valence-corrected chi connectivity index (χ3v) is 2.94. The van der Waals surface area contributed by atoms with E-state index < -0.39 is 5.97 Å². The van der Waals surface area contributed by atoms with Gasteiger partial charge in [-0.2, -0.15) is 0 Å². The minimum atomic E-state index is -0.526. The van der Waals surface area contributed by atoms with Crippen molar-refractivity contribution in [1.29, 1.82) is 0 Å². The number of carbonyl (C=O) groups excluding carboxylic acids is 1. The Morgan fingerprint density at radius 2 is 2.31 bits per heavy atom. The Hall–Kier alpha value is -0.750. The molecule has 6 heteroatoms. The van der Waals surface area contributed by atoms with Crippen molar-refractivity contribution < 1.29 is 9.53 Å². The average molecular weight is 263 g/mol. The lowest BCUT2D eigenvalue weighted by Crippen LogP contribution is -2.08. The molecule has 4 nitrogen and oxygen atoms in total. The van der Waals surface area contributed by atoms with Crippen LogP contribution in [0.3, 0.4) is 0 Å². The molecule has 0 bridgehead atoms. The van der Waals surface area contributed by atoms with Crippen LogP contribution < -0.4 is 0 Å². The van der Waals surface area contributed by atoms with Gasteiger partial charge >= 0.3 is 5.97 Å². The van der Waals surface area contributed by atoms with Crippen molar-refractivity contribution in [3.8, 4) is 0 Å². The lowest BCUT2D eigenvalue weighted by atomic mass is 10.4. The van der Waals surface area contributed by atoms with Gasteiger partial charge < -0.3 is 9.72 Å². The van der Waals surface area contributed by atoms with Gasteiger partial charge in [-0.3, -0.25) is 0 Å². The van der Waals surface area contributed by atoms with E-state index >= 15 is 0 Å². The quantitative estimate of drug-likeness (QED) is 0.622. The first-order valence-electron chi connectivity index (χ1n) is 3.41. The molecule has 1 aromatic rings. The van der Waals surface area contributed by atoms with E-state index in [0.717, 1.165) is 5.69 Å². The molecular weight excluding hydrogens is 256 g/mol. The number of nitrogens with zero attached hydrogens (tertiary/aromatic N) is 1. The highest BCUT2D eigenvalue weighted by molar-refractivity contribution is 9.10. The number of hydrogen-bond acceptors (Lipinski definition) is 4. The number of rotatable bonds is 1. The van der Waals surface area contributed by atoms with Crippen molar-refractivity contribution in [2.24, 2.45) is 0 Å². The van der Waals surface area contributed by atoms with Gasteiger partial charge in [-0.1, -0.05) is 12.2 Å². The molecule has 1 heterocycles. The molecule has 0 aliphatic heterocycles. The molecule has 0 aliphatic rings. The molecule has 0 spiro atoms. The molecule has 0 fully saturated rings. The van der Waals surface area contributed by atoms with Crippen LogP contribution in [0, 0.1) is 11.6 Å². The number of aryl methyl sites for hydroxylation is 1. The second-order valence-corrected chi connectivity index (χ2v) is 3.50. The zero-order chi connectivity index (χ0) is 10.0. The maximum atomic E-state index is 11.1. The Kier molecular flexibility index (Phi) is 3.16. The maximum absolute atomic E-state index is 11.1. The molecule has 0 aliphatic carbocycles. The van der Waals surface area contributed by atoms with E-state index in [1.807, 2.05) is 0 Å². The van der Waals surface area contributed by atoms with Crippen LogP contribution in [0.5, 0.6) is 0 Å². The largest absolute Gasteiger partial charge is 0.463 e. The first kappa shape index (κ1) is 10.3. The summed E-state index contributed by atoms with van der Waals surface area (Å²) in [5.41, 5.74) is 0.750. The first-order chi connectivity index (χ1) is 6.06. The smallest absolute Gasteiger partial charge is 0.374 e. The van der Waals surface area contributed by atoms with Gasteiger partial charge in [-0.15, -0.1) is 0 Å². The highest BCUT2D eigenvalue weighted by Gasteiger charge is 2.10. The number of esters is 1. The van der Waals surface area contributed by atoms with E-state index in [-0.39, 0.29) is 5.82 Å². The fourth-order valence-corrected chi connectivity index (χ4v) is 1.20. The van der Waals surface area contributed by atoms with E-state index in [4.69, 9.17) is 12.2 Å². The summed E-state index contributed by atoms with van der Waals surface area (Å²) in [5, 5.41) is 0. The summed E-state index contributed by atoms with van der Waals surface area (Å²) in [4.78, 5) is 17.7. The monoisotopic (exact) mass is 262 g/mol. The predicted molar refractivity (Wildman–Crippen MR) is 53.2 cm³/mol. The summed E-state index contributed by atoms with van der Waals surface area (Å²) < 4.78 is 5.53. The number of halogens is 1. The van der Waals surface area contributed by atoms with E-state index in [1.54, 1.807) is 6.92 Å². The zero-order valence-corrected chi connectivity index (χ0v) is 9.45. The summed E-state index contributed by atoms with van der Waals surface area (Å²) in [5.74, 6) is -0.407. The highest BCUT2D eigenvalue weighted by Crippen LogP contribution is 2.14. The van der Waals surface area contributed by atoms with Gasteiger partial charge in [0.2, 0.25) is 5.82 Å². The number of aromatic amines is 1. The van der Waals surface area contributed by atoms with E-state index in [2.05, 4.69) is 30.6 Å². The molecule has 0 aromatic carbocycles. The Morgan fingerprint density at radius 3 is 2.77 bits per heavy atom. The Labute approximate surface area is 88.5 Å². The van der Waals surface area contributed by atoms with Crippen molar-refractivity contribution >= 4 is 34.1 Å². The number of H-pyrrole nitrogens is 1. The summed E-state index contributed by atoms with van der Waals surface area (Å²) in [7, 11) is 1.29. The number of carbonyl (C=O) groups is 1. The first-order valence-corrected chi connectivity index (χ1v) is 4.61. The minimum absolute atomic E-state index is 0.119. The second kappa shape index (κ2) is 3.97. The molecule has 1 aromatic heterocycles. The SMILES string of the molecule is COC(=O)c1nc(=S)c(Br)c(C)[nH]1. The van der Waals surface area contributed by atoms with Crippen molar-refractivity contribution in [2.75, 3.05) is 7.11 Å². The predicted octanol–water partition coefficient (Wildman–Crippen LogP) is 2.00. The minimum Gasteiger partial charge on any atom is -0.463 e. The lowest BCUT2D eigenvalue weighted by molar-refractivity contribution is 0.0586. The lowest BCUT2D eigenvalue weighted by Gasteiger charge is -2.02. The van der Waals surface area contributed by atoms with Crippen LogP contribution in [0.1, 0.15) is 16.3 Å². The maximum Gasteiger partial charge on any atom is 0.374 e. The summed E-state index contributed by atoms with van der Waals surface area (Å²) in [6.07, 6.45) is 0. The molecule has 0 amide bonds. The molecule has 0 unspecified atom stereocenters. The molecule has 70 valence electrons. The molecule has 1 rings (SSSR count). The van der Waals surface area contributed by atoms with Crippen molar-refractivity contribution in [2.45, 2.75) is 6.92 Å². The molecular formula is C7H7BrN2O2S. The second-order valence-electron chi connectivity index (χ2n) is 2.32. The van der Waals surface area contributed by atoms with E-state index in [9.17, 15) is 4.79 Å². The average Bonchev–Trinajstić information content (AvgIpc) is 2.12. The van der Waals surface area contributed by atoms with Gasteiger partial charge in [-0.25, -0.2) is 9.78 Å². The normalized spacial score (nSPS) is 9.77. The van der Waals surface area contributed by atoms with E-state index in [1.165, 1.54) is 7.11 Å². The van der Waals surface area contributed by atoms with Crippen LogP contribution >= 0.6 is 28.1 Å². The summed E-state index contributed by atoms with van der Waals surface area (Å²) in [6, 6.07) is 0. The van der Waals surface area contributed by atoms with Crippen LogP contribution in [-0.2, 0) is 4.74 Å². The Bertz CT molecular complexity index is 402. The number of methoxy groups -OCH3 is 1.